The van der Waals surface area contributed by atoms with Crippen LogP contribution >= 0.6 is 0 Å². The van der Waals surface area contributed by atoms with Gasteiger partial charge >= 0.3 is 0 Å². The highest BCUT2D eigenvalue weighted by molar-refractivity contribution is 5.97. The van der Waals surface area contributed by atoms with Gasteiger partial charge in [0.15, 0.2) is 11.6 Å². The number of carbonyl (C=O) groups is 2. The van der Waals surface area contributed by atoms with Crippen LogP contribution in [0.25, 0.3) is 6.08 Å². The fourth-order valence-electron chi connectivity index (χ4n) is 5.47. The quantitative estimate of drug-likeness (QED) is 0.211. The number of nitrogens with one attached hydrogen (secondary N) is 1. The molecule has 1 N–H and O–H groups in total. The fraction of sp³-hybridized carbons (Fsp3) is 0.314. The van der Waals surface area contributed by atoms with Crippen molar-refractivity contribution in [3.05, 3.63) is 119 Å². The van der Waals surface area contributed by atoms with Gasteiger partial charge in [-0.1, -0.05) is 73.3 Å². The molecular weight excluding hydrogens is 466 g/mol. The zero-order chi connectivity index (χ0) is 26.9. The largest absolute Gasteiger partial charge is 0.388 e. The number of aryl methyl sites for hydroxylation is 1. The van der Waals surface area contributed by atoms with Gasteiger partial charge in [0.25, 0.3) is 0 Å². The SMILES string of the molecule is C=Cc1ccc(C/C=C\C(=O)CC2CCC(c3cccc(C(=O)Cc4ccc(C)c(NC)c4)c3)CC2)cc1. The lowest BCUT2D eigenvalue weighted by molar-refractivity contribution is -0.115. The summed E-state index contributed by atoms with van der Waals surface area (Å²) in [6.45, 7) is 5.84. The monoisotopic (exact) mass is 505 g/mol. The van der Waals surface area contributed by atoms with Crippen LogP contribution < -0.4 is 5.32 Å². The van der Waals surface area contributed by atoms with Gasteiger partial charge in [-0.2, -0.15) is 0 Å². The van der Waals surface area contributed by atoms with Gasteiger partial charge in [0.05, 0.1) is 0 Å². The second kappa shape index (κ2) is 13.2. The fourth-order valence-corrected chi connectivity index (χ4v) is 5.47. The van der Waals surface area contributed by atoms with Crippen LogP contribution in [-0.4, -0.2) is 18.6 Å². The third-order valence-corrected chi connectivity index (χ3v) is 7.83. The van der Waals surface area contributed by atoms with Crippen molar-refractivity contribution in [3.8, 4) is 0 Å². The van der Waals surface area contributed by atoms with Gasteiger partial charge in [0, 0.05) is 31.1 Å². The van der Waals surface area contributed by atoms with Gasteiger partial charge in [-0.15, -0.1) is 0 Å². The third-order valence-electron chi connectivity index (χ3n) is 7.83. The first-order valence-corrected chi connectivity index (χ1v) is 13.8. The van der Waals surface area contributed by atoms with Crippen LogP contribution in [-0.2, 0) is 17.6 Å². The molecular formula is C35H39NO2. The first-order chi connectivity index (χ1) is 18.4. The number of ketones is 2. The normalized spacial score (nSPS) is 17.3. The predicted octanol–water partition coefficient (Wildman–Crippen LogP) is 8.14. The molecule has 0 amide bonds. The maximum Gasteiger partial charge on any atom is 0.167 e. The Morgan fingerprint density at radius 1 is 0.947 bits per heavy atom. The topological polar surface area (TPSA) is 46.2 Å². The smallest absolute Gasteiger partial charge is 0.167 e. The predicted molar refractivity (Wildman–Crippen MR) is 159 cm³/mol. The lowest BCUT2D eigenvalue weighted by atomic mass is 9.76. The van der Waals surface area contributed by atoms with Crippen LogP contribution in [0.15, 0.2) is 85.5 Å². The number of benzene rings is 3. The summed E-state index contributed by atoms with van der Waals surface area (Å²) in [7, 11) is 1.91. The minimum Gasteiger partial charge on any atom is -0.388 e. The Hall–Kier alpha value is -3.72. The molecule has 1 aliphatic rings. The Labute approximate surface area is 227 Å². The van der Waals surface area contributed by atoms with E-state index in [1.54, 1.807) is 6.08 Å². The van der Waals surface area contributed by atoms with E-state index in [1.165, 1.54) is 16.7 Å². The summed E-state index contributed by atoms with van der Waals surface area (Å²) in [5.41, 5.74) is 7.61. The lowest BCUT2D eigenvalue weighted by Crippen LogP contribution is -2.16. The number of Topliss-reactive ketones (excluding diaryl/α,β-unsaturated/α-hetero) is 1. The molecule has 0 unspecified atom stereocenters. The van der Waals surface area contributed by atoms with Crippen molar-refractivity contribution < 1.29 is 9.59 Å². The maximum absolute atomic E-state index is 13.0. The van der Waals surface area contributed by atoms with Gasteiger partial charge in [0.2, 0.25) is 0 Å². The van der Waals surface area contributed by atoms with E-state index in [9.17, 15) is 9.59 Å². The van der Waals surface area contributed by atoms with E-state index < -0.39 is 0 Å². The molecule has 0 radical (unpaired) electrons. The molecule has 0 heterocycles. The number of allylic oxidation sites excluding steroid dienone is 2. The summed E-state index contributed by atoms with van der Waals surface area (Å²) < 4.78 is 0. The van der Waals surface area contributed by atoms with E-state index >= 15 is 0 Å². The van der Waals surface area contributed by atoms with Gasteiger partial charge in [-0.3, -0.25) is 9.59 Å². The van der Waals surface area contributed by atoms with Crippen molar-refractivity contribution in [2.24, 2.45) is 5.92 Å². The van der Waals surface area contributed by atoms with Crippen molar-refractivity contribution in [1.29, 1.82) is 0 Å². The molecule has 1 saturated carbocycles. The highest BCUT2D eigenvalue weighted by Crippen LogP contribution is 2.37. The average Bonchev–Trinajstić information content (AvgIpc) is 2.95. The lowest BCUT2D eigenvalue weighted by Gasteiger charge is -2.28. The number of anilines is 1. The Morgan fingerprint density at radius 2 is 1.68 bits per heavy atom. The summed E-state index contributed by atoms with van der Waals surface area (Å²) in [6, 6.07) is 22.6. The van der Waals surface area contributed by atoms with Crippen molar-refractivity contribution in [2.45, 2.75) is 57.8 Å². The summed E-state index contributed by atoms with van der Waals surface area (Å²) >= 11 is 0. The molecule has 0 bridgehead atoms. The van der Waals surface area contributed by atoms with Gasteiger partial charge in [-0.25, -0.2) is 0 Å². The molecule has 196 valence electrons. The van der Waals surface area contributed by atoms with Crippen LogP contribution in [0.5, 0.6) is 0 Å². The van der Waals surface area contributed by atoms with Crippen molar-refractivity contribution >= 4 is 23.3 Å². The molecule has 3 aromatic rings. The van der Waals surface area contributed by atoms with E-state index in [-0.39, 0.29) is 11.6 Å². The average molecular weight is 506 g/mol. The molecule has 0 spiro atoms. The summed E-state index contributed by atoms with van der Waals surface area (Å²) in [5.74, 6) is 1.28. The van der Waals surface area contributed by atoms with Crippen LogP contribution in [0.2, 0.25) is 0 Å². The molecule has 38 heavy (non-hydrogen) atoms. The van der Waals surface area contributed by atoms with Crippen LogP contribution in [0.1, 0.15) is 76.2 Å². The van der Waals surface area contributed by atoms with Crippen LogP contribution in [0.4, 0.5) is 5.69 Å². The molecule has 0 aromatic heterocycles. The molecule has 4 rings (SSSR count). The van der Waals surface area contributed by atoms with Crippen molar-refractivity contribution in [2.75, 3.05) is 12.4 Å². The van der Waals surface area contributed by atoms with Crippen LogP contribution in [0, 0.1) is 12.8 Å². The molecule has 0 saturated heterocycles. The van der Waals surface area contributed by atoms with E-state index in [0.717, 1.165) is 54.5 Å². The van der Waals surface area contributed by atoms with Gasteiger partial charge in [-0.05, 0) is 96.9 Å². The summed E-state index contributed by atoms with van der Waals surface area (Å²) in [6.07, 6.45) is 11.6. The molecule has 0 aliphatic heterocycles. The summed E-state index contributed by atoms with van der Waals surface area (Å²) in [5, 5.41) is 3.20. The van der Waals surface area contributed by atoms with Gasteiger partial charge in [0.1, 0.15) is 0 Å². The Balaban J connectivity index is 1.26. The zero-order valence-electron chi connectivity index (χ0n) is 22.7. The molecule has 1 aliphatic carbocycles. The molecule has 1 fully saturated rings. The van der Waals surface area contributed by atoms with E-state index in [0.29, 0.717) is 24.7 Å². The van der Waals surface area contributed by atoms with Gasteiger partial charge < -0.3 is 5.32 Å². The number of carbonyl (C=O) groups excluding carboxylic acids is 2. The molecule has 3 heteroatoms. The molecule has 3 nitrogen and oxygen atoms in total. The Kier molecular flexibility index (Phi) is 9.48. The number of hydrogen-bond acceptors (Lipinski definition) is 3. The zero-order valence-corrected chi connectivity index (χ0v) is 22.7. The molecule has 0 atom stereocenters. The second-order valence-electron chi connectivity index (χ2n) is 10.6. The first-order valence-electron chi connectivity index (χ1n) is 13.8. The first kappa shape index (κ1) is 27.3. The van der Waals surface area contributed by atoms with E-state index in [4.69, 9.17) is 0 Å². The highest BCUT2D eigenvalue weighted by Gasteiger charge is 2.24. The number of rotatable bonds is 11. The second-order valence-corrected chi connectivity index (χ2v) is 10.6. The minimum atomic E-state index is 0.153. The molecule has 3 aromatic carbocycles. The third kappa shape index (κ3) is 7.41. The maximum atomic E-state index is 13.0. The number of hydrogen-bond donors (Lipinski definition) is 1. The minimum absolute atomic E-state index is 0.153. The Bertz CT molecular complexity index is 1290. The Morgan fingerprint density at radius 3 is 2.39 bits per heavy atom. The van der Waals surface area contributed by atoms with E-state index in [2.05, 4.69) is 55.2 Å². The van der Waals surface area contributed by atoms with Crippen molar-refractivity contribution in [3.63, 3.8) is 0 Å². The highest BCUT2D eigenvalue weighted by atomic mass is 16.1. The standard InChI is InChI=1S/C35H39NO2/c1-4-26-13-15-27(16-14-26)7-5-10-33(37)21-28-17-19-30(20-18-28)31-8-6-9-32(24-31)35(38)23-29-12-11-25(2)34(22-29)36-3/h4-6,8-16,22,24,28,30,36H,1,7,17-21,23H2,2-3H3/b10-5-. The summed E-state index contributed by atoms with van der Waals surface area (Å²) in [4.78, 5) is 25.6. The van der Waals surface area contributed by atoms with E-state index in [1.807, 2.05) is 49.5 Å². The van der Waals surface area contributed by atoms with Crippen LogP contribution in [0.3, 0.4) is 0 Å². The van der Waals surface area contributed by atoms with Crippen molar-refractivity contribution in [1.82, 2.24) is 0 Å².